The second-order valence-electron chi connectivity index (χ2n) is 3.13. The summed E-state index contributed by atoms with van der Waals surface area (Å²) in [5.41, 5.74) is 5.04. The summed E-state index contributed by atoms with van der Waals surface area (Å²) < 4.78 is 24.1. The molecule has 0 spiro atoms. The summed E-state index contributed by atoms with van der Waals surface area (Å²) in [6.07, 6.45) is 1.11. The van der Waals surface area contributed by atoms with E-state index in [9.17, 15) is 13.2 Å². The average molecular weight is 206 g/mol. The first-order valence-corrected chi connectivity index (χ1v) is 5.89. The zero-order valence-corrected chi connectivity index (χ0v) is 8.38. The molecule has 6 heteroatoms. The van der Waals surface area contributed by atoms with E-state index in [0.717, 1.165) is 0 Å². The highest BCUT2D eigenvalue weighted by Gasteiger charge is 2.40. The molecule has 0 aliphatic carbocycles. The molecule has 5 nitrogen and oxygen atoms in total. The zero-order valence-electron chi connectivity index (χ0n) is 7.56. The van der Waals surface area contributed by atoms with Gasteiger partial charge in [0.05, 0.1) is 5.75 Å². The number of nitrogens with two attached hydrogens (primary N) is 1. The number of hydrogen-bond donors (Lipinski definition) is 1. The molecule has 0 radical (unpaired) electrons. The summed E-state index contributed by atoms with van der Waals surface area (Å²) in [5, 5.41) is 0. The van der Waals surface area contributed by atoms with Gasteiger partial charge < -0.3 is 5.73 Å². The molecular formula is C7H14N2O3S. The Labute approximate surface area is 77.9 Å². The predicted molar refractivity (Wildman–Crippen MR) is 48.4 cm³/mol. The molecule has 13 heavy (non-hydrogen) atoms. The van der Waals surface area contributed by atoms with Gasteiger partial charge in [0, 0.05) is 6.54 Å². The van der Waals surface area contributed by atoms with Crippen LogP contribution in [0, 0.1) is 0 Å². The van der Waals surface area contributed by atoms with E-state index < -0.39 is 22.0 Å². The van der Waals surface area contributed by atoms with Gasteiger partial charge in [-0.2, -0.15) is 4.31 Å². The molecule has 1 heterocycles. The van der Waals surface area contributed by atoms with Crippen LogP contribution in [0.4, 0.5) is 0 Å². The van der Waals surface area contributed by atoms with Gasteiger partial charge in [0.1, 0.15) is 6.04 Å². The number of primary amides is 1. The highest BCUT2D eigenvalue weighted by atomic mass is 32.2. The van der Waals surface area contributed by atoms with Gasteiger partial charge in [0.2, 0.25) is 15.9 Å². The van der Waals surface area contributed by atoms with Crippen LogP contribution in [0.3, 0.4) is 0 Å². The fourth-order valence-corrected chi connectivity index (χ4v) is 3.09. The van der Waals surface area contributed by atoms with Crippen LogP contribution in [0.2, 0.25) is 0 Å². The van der Waals surface area contributed by atoms with Crippen LogP contribution in [-0.4, -0.2) is 37.0 Å². The van der Waals surface area contributed by atoms with Crippen molar-refractivity contribution < 1.29 is 13.2 Å². The number of amides is 1. The molecule has 1 saturated heterocycles. The molecular weight excluding hydrogens is 192 g/mol. The summed E-state index contributed by atoms with van der Waals surface area (Å²) in [5.74, 6) is -0.456. The minimum atomic E-state index is -3.24. The summed E-state index contributed by atoms with van der Waals surface area (Å²) >= 11 is 0. The highest BCUT2D eigenvalue weighted by molar-refractivity contribution is 7.89. The first kappa shape index (κ1) is 10.5. The van der Waals surface area contributed by atoms with E-state index in [1.165, 1.54) is 4.31 Å². The van der Waals surface area contributed by atoms with E-state index in [4.69, 9.17) is 5.73 Å². The van der Waals surface area contributed by atoms with Gasteiger partial charge in [-0.15, -0.1) is 0 Å². The van der Waals surface area contributed by atoms with E-state index >= 15 is 0 Å². The largest absolute Gasteiger partial charge is 0.368 e. The smallest absolute Gasteiger partial charge is 0.235 e. The van der Waals surface area contributed by atoms with Gasteiger partial charge in [-0.05, 0) is 12.8 Å². The second kappa shape index (κ2) is 3.63. The van der Waals surface area contributed by atoms with Crippen molar-refractivity contribution in [2.45, 2.75) is 25.8 Å². The normalized spacial score (nSPS) is 23.9. The third-order valence-corrected chi connectivity index (χ3v) is 4.19. The van der Waals surface area contributed by atoms with Crippen molar-refractivity contribution in [2.24, 2.45) is 5.73 Å². The Morgan fingerprint density at radius 1 is 1.62 bits per heavy atom. The molecule has 2 N–H and O–H groups in total. The van der Waals surface area contributed by atoms with Crippen LogP contribution >= 0.6 is 0 Å². The zero-order chi connectivity index (χ0) is 10.1. The van der Waals surface area contributed by atoms with Crippen molar-refractivity contribution >= 4 is 15.9 Å². The molecule has 0 aromatic rings. The highest BCUT2D eigenvalue weighted by Crippen LogP contribution is 2.21. The van der Waals surface area contributed by atoms with Gasteiger partial charge in [-0.25, -0.2) is 8.42 Å². The van der Waals surface area contributed by atoms with Crippen molar-refractivity contribution in [2.75, 3.05) is 12.3 Å². The minimum absolute atomic E-state index is 0.0940. The SMILES string of the molecule is CCCS(=O)(=O)N1CCC1C(N)=O. The maximum atomic E-state index is 11.4. The summed E-state index contributed by atoms with van der Waals surface area (Å²) in [6.45, 7) is 2.21. The molecule has 1 aliphatic rings. The minimum Gasteiger partial charge on any atom is -0.368 e. The van der Waals surface area contributed by atoms with Gasteiger partial charge in [0.15, 0.2) is 0 Å². The Kier molecular flexibility index (Phi) is 2.92. The Morgan fingerprint density at radius 3 is 2.54 bits per heavy atom. The standard InChI is InChI=1S/C7H14N2O3S/c1-2-5-13(11,12)9-4-3-6(9)7(8)10/h6H,2-5H2,1H3,(H2,8,10). The Hall–Kier alpha value is -0.620. The maximum absolute atomic E-state index is 11.4. The number of nitrogens with zero attached hydrogens (tertiary/aromatic N) is 1. The molecule has 1 amide bonds. The lowest BCUT2D eigenvalue weighted by Gasteiger charge is -2.37. The quantitative estimate of drug-likeness (QED) is 0.659. The molecule has 1 unspecified atom stereocenters. The van der Waals surface area contributed by atoms with Crippen LogP contribution in [0.5, 0.6) is 0 Å². The number of sulfonamides is 1. The van der Waals surface area contributed by atoms with Gasteiger partial charge in [-0.1, -0.05) is 6.92 Å². The van der Waals surface area contributed by atoms with E-state index in [2.05, 4.69) is 0 Å². The predicted octanol–water partition coefficient (Wildman–Crippen LogP) is -0.714. The Morgan fingerprint density at radius 2 is 2.23 bits per heavy atom. The van der Waals surface area contributed by atoms with Gasteiger partial charge in [0.25, 0.3) is 0 Å². The number of rotatable bonds is 4. The average Bonchev–Trinajstić information content (AvgIpc) is 1.79. The lowest BCUT2D eigenvalue weighted by Crippen LogP contribution is -2.57. The lowest BCUT2D eigenvalue weighted by molar-refractivity contribution is -0.124. The van der Waals surface area contributed by atoms with Crippen LogP contribution in [0.1, 0.15) is 19.8 Å². The fraction of sp³-hybridized carbons (Fsp3) is 0.857. The molecule has 1 rings (SSSR count). The van der Waals surface area contributed by atoms with Crippen LogP contribution in [0.25, 0.3) is 0 Å². The topological polar surface area (TPSA) is 80.5 Å². The van der Waals surface area contributed by atoms with Crippen molar-refractivity contribution in [3.05, 3.63) is 0 Å². The third kappa shape index (κ3) is 2.00. The van der Waals surface area contributed by atoms with Crippen molar-refractivity contribution in [3.63, 3.8) is 0 Å². The third-order valence-electron chi connectivity index (χ3n) is 2.12. The number of hydrogen-bond acceptors (Lipinski definition) is 3. The monoisotopic (exact) mass is 206 g/mol. The molecule has 0 bridgehead atoms. The van der Waals surface area contributed by atoms with Gasteiger partial charge >= 0.3 is 0 Å². The van der Waals surface area contributed by atoms with Crippen molar-refractivity contribution in [3.8, 4) is 0 Å². The van der Waals surface area contributed by atoms with Crippen LogP contribution in [-0.2, 0) is 14.8 Å². The lowest BCUT2D eigenvalue weighted by atomic mass is 10.1. The molecule has 1 fully saturated rings. The molecule has 76 valence electrons. The van der Waals surface area contributed by atoms with E-state index in [1.807, 2.05) is 0 Å². The second-order valence-corrected chi connectivity index (χ2v) is 5.17. The Bertz CT molecular complexity index is 299. The van der Waals surface area contributed by atoms with E-state index in [-0.39, 0.29) is 5.75 Å². The molecule has 0 saturated carbocycles. The Balaban J connectivity index is 2.68. The van der Waals surface area contributed by atoms with Crippen LogP contribution in [0.15, 0.2) is 0 Å². The van der Waals surface area contributed by atoms with Gasteiger partial charge in [-0.3, -0.25) is 4.79 Å². The number of carbonyl (C=O) groups excluding carboxylic acids is 1. The van der Waals surface area contributed by atoms with E-state index in [1.54, 1.807) is 6.92 Å². The van der Waals surface area contributed by atoms with Crippen molar-refractivity contribution in [1.29, 1.82) is 0 Å². The maximum Gasteiger partial charge on any atom is 0.235 e. The fourth-order valence-electron chi connectivity index (χ4n) is 1.36. The van der Waals surface area contributed by atoms with Crippen LogP contribution < -0.4 is 5.73 Å². The summed E-state index contributed by atoms with van der Waals surface area (Å²) in [6, 6.07) is -0.600. The molecule has 0 aromatic heterocycles. The first-order chi connectivity index (χ1) is 5.99. The summed E-state index contributed by atoms with van der Waals surface area (Å²) in [4.78, 5) is 10.8. The van der Waals surface area contributed by atoms with Crippen molar-refractivity contribution in [1.82, 2.24) is 4.31 Å². The molecule has 0 aromatic carbocycles. The number of carbonyl (C=O) groups is 1. The molecule has 1 atom stereocenters. The van der Waals surface area contributed by atoms with E-state index in [0.29, 0.717) is 19.4 Å². The summed E-state index contributed by atoms with van der Waals surface area (Å²) in [7, 11) is -3.24. The molecule has 1 aliphatic heterocycles. The first-order valence-electron chi connectivity index (χ1n) is 4.28.